The van der Waals surface area contributed by atoms with E-state index in [1.165, 1.54) is 5.56 Å². The molecule has 1 atom stereocenters. The van der Waals surface area contributed by atoms with Crippen molar-refractivity contribution in [1.29, 1.82) is 0 Å². The third kappa shape index (κ3) is 1.55. The van der Waals surface area contributed by atoms with Crippen LogP contribution in [0, 0.1) is 0 Å². The van der Waals surface area contributed by atoms with Gasteiger partial charge in [0.25, 0.3) is 0 Å². The van der Waals surface area contributed by atoms with Crippen molar-refractivity contribution in [3.05, 3.63) is 54.0 Å². The van der Waals surface area contributed by atoms with Crippen molar-refractivity contribution in [2.24, 2.45) is 0 Å². The lowest BCUT2D eigenvalue weighted by Gasteiger charge is -2.08. The van der Waals surface area contributed by atoms with Gasteiger partial charge in [0.15, 0.2) is 17.6 Å². The number of benzene rings is 1. The Morgan fingerprint density at radius 3 is 2.95 bits per heavy atom. The Morgan fingerprint density at radius 2 is 2.05 bits per heavy atom. The summed E-state index contributed by atoms with van der Waals surface area (Å²) in [6.45, 7) is 0. The number of hydrogen-bond donors (Lipinski definition) is 1. The molecule has 1 aliphatic rings. The van der Waals surface area contributed by atoms with Crippen molar-refractivity contribution in [3.63, 3.8) is 0 Å². The summed E-state index contributed by atoms with van der Waals surface area (Å²) >= 11 is 0. The lowest BCUT2D eigenvalue weighted by molar-refractivity contribution is 0.226. The van der Waals surface area contributed by atoms with E-state index in [9.17, 15) is 0 Å². The Labute approximate surface area is 109 Å². The first-order chi connectivity index (χ1) is 9.31. The lowest BCUT2D eigenvalue weighted by Crippen LogP contribution is -2.08. The maximum absolute atomic E-state index is 5.94. The van der Waals surface area contributed by atoms with Crippen LogP contribution in [0.5, 0.6) is 5.75 Å². The van der Waals surface area contributed by atoms with Crippen LogP contribution in [0.1, 0.15) is 17.5 Å². The quantitative estimate of drug-likeness (QED) is 0.719. The SMILES string of the molecule is Nc1ccc2nnc(C3Cc4ccccc4O3)n2c1. The second-order valence-electron chi connectivity index (χ2n) is 4.67. The molecule has 0 amide bonds. The van der Waals surface area contributed by atoms with Gasteiger partial charge in [0.2, 0.25) is 0 Å². The summed E-state index contributed by atoms with van der Waals surface area (Å²) in [4.78, 5) is 0. The molecule has 2 N–H and O–H groups in total. The van der Waals surface area contributed by atoms with E-state index >= 15 is 0 Å². The van der Waals surface area contributed by atoms with Gasteiger partial charge in [-0.05, 0) is 23.8 Å². The fourth-order valence-electron chi connectivity index (χ4n) is 2.47. The highest BCUT2D eigenvalue weighted by Crippen LogP contribution is 2.35. The predicted molar refractivity (Wildman–Crippen MR) is 70.9 cm³/mol. The molecular formula is C14H12N4O. The lowest BCUT2D eigenvalue weighted by atomic mass is 10.1. The second kappa shape index (κ2) is 3.71. The summed E-state index contributed by atoms with van der Waals surface area (Å²) in [5.41, 5.74) is 8.49. The van der Waals surface area contributed by atoms with Gasteiger partial charge in [-0.2, -0.15) is 0 Å². The van der Waals surface area contributed by atoms with Gasteiger partial charge in [0.1, 0.15) is 5.75 Å². The average Bonchev–Trinajstić information content (AvgIpc) is 3.00. The Balaban J connectivity index is 1.79. The Bertz CT molecular complexity index is 740. The standard InChI is InChI=1S/C14H12N4O/c15-10-5-6-13-16-17-14(18(13)8-10)12-7-9-3-1-2-4-11(9)19-12/h1-6,8,12H,7,15H2. The minimum atomic E-state index is -0.103. The molecule has 0 spiro atoms. The molecule has 94 valence electrons. The fraction of sp³-hybridized carbons (Fsp3) is 0.143. The molecule has 0 radical (unpaired) electrons. The molecule has 4 rings (SSSR count). The largest absolute Gasteiger partial charge is 0.482 e. The zero-order valence-electron chi connectivity index (χ0n) is 10.2. The van der Waals surface area contributed by atoms with E-state index in [-0.39, 0.29) is 6.10 Å². The monoisotopic (exact) mass is 252 g/mol. The summed E-state index contributed by atoms with van der Waals surface area (Å²) in [5, 5.41) is 8.38. The van der Waals surface area contributed by atoms with Crippen LogP contribution in [0.4, 0.5) is 5.69 Å². The number of aromatic nitrogens is 3. The van der Waals surface area contributed by atoms with E-state index in [0.717, 1.165) is 23.6 Å². The molecule has 3 heterocycles. The Morgan fingerprint density at radius 1 is 1.16 bits per heavy atom. The molecule has 0 aliphatic carbocycles. The van der Waals surface area contributed by atoms with E-state index in [2.05, 4.69) is 16.3 Å². The summed E-state index contributed by atoms with van der Waals surface area (Å²) in [6.07, 6.45) is 2.54. The summed E-state index contributed by atoms with van der Waals surface area (Å²) in [5.74, 6) is 1.71. The van der Waals surface area contributed by atoms with E-state index in [1.54, 1.807) is 0 Å². The van der Waals surface area contributed by atoms with Crippen molar-refractivity contribution in [2.45, 2.75) is 12.5 Å². The minimum absolute atomic E-state index is 0.103. The third-order valence-electron chi connectivity index (χ3n) is 3.39. The number of rotatable bonds is 1. The van der Waals surface area contributed by atoms with Crippen LogP contribution in [0.15, 0.2) is 42.6 Å². The first kappa shape index (κ1) is 10.4. The number of nitrogens with zero attached hydrogens (tertiary/aromatic N) is 3. The van der Waals surface area contributed by atoms with Gasteiger partial charge in [0, 0.05) is 18.3 Å². The first-order valence-corrected chi connectivity index (χ1v) is 6.16. The van der Waals surface area contributed by atoms with Gasteiger partial charge in [-0.3, -0.25) is 4.40 Å². The molecule has 3 aromatic rings. The van der Waals surface area contributed by atoms with Gasteiger partial charge in [-0.25, -0.2) is 0 Å². The topological polar surface area (TPSA) is 65.4 Å². The molecule has 19 heavy (non-hydrogen) atoms. The van der Waals surface area contributed by atoms with Gasteiger partial charge >= 0.3 is 0 Å². The van der Waals surface area contributed by atoms with Crippen LogP contribution in [-0.2, 0) is 6.42 Å². The van der Waals surface area contributed by atoms with Crippen LogP contribution in [0.2, 0.25) is 0 Å². The van der Waals surface area contributed by atoms with Crippen LogP contribution < -0.4 is 10.5 Å². The number of hydrogen-bond acceptors (Lipinski definition) is 4. The van der Waals surface area contributed by atoms with Crippen molar-refractivity contribution in [1.82, 2.24) is 14.6 Å². The minimum Gasteiger partial charge on any atom is -0.482 e. The molecule has 0 fully saturated rings. The highest BCUT2D eigenvalue weighted by Gasteiger charge is 2.27. The van der Waals surface area contributed by atoms with Crippen molar-refractivity contribution in [3.8, 4) is 5.75 Å². The van der Waals surface area contributed by atoms with Gasteiger partial charge in [-0.15, -0.1) is 10.2 Å². The maximum atomic E-state index is 5.94. The van der Waals surface area contributed by atoms with Gasteiger partial charge in [0.05, 0.1) is 0 Å². The Kier molecular flexibility index (Phi) is 2.03. The molecule has 0 saturated carbocycles. The zero-order valence-corrected chi connectivity index (χ0v) is 10.2. The summed E-state index contributed by atoms with van der Waals surface area (Å²) < 4.78 is 7.83. The van der Waals surface area contributed by atoms with Crippen LogP contribution in [0.25, 0.3) is 5.65 Å². The highest BCUT2D eigenvalue weighted by atomic mass is 16.5. The Hall–Kier alpha value is -2.56. The smallest absolute Gasteiger partial charge is 0.179 e. The van der Waals surface area contributed by atoms with Gasteiger partial charge < -0.3 is 10.5 Å². The van der Waals surface area contributed by atoms with E-state index in [1.807, 2.05) is 40.9 Å². The van der Waals surface area contributed by atoms with E-state index in [0.29, 0.717) is 5.69 Å². The highest BCUT2D eigenvalue weighted by molar-refractivity contribution is 5.48. The predicted octanol–water partition coefficient (Wildman–Crippen LogP) is 1.99. The average molecular weight is 252 g/mol. The molecule has 1 unspecified atom stereocenters. The molecule has 0 bridgehead atoms. The van der Waals surface area contributed by atoms with Crippen LogP contribution >= 0.6 is 0 Å². The number of nitrogen functional groups attached to an aromatic ring is 1. The molecule has 2 aromatic heterocycles. The number of nitrogens with two attached hydrogens (primary N) is 1. The molecule has 0 saturated heterocycles. The van der Waals surface area contributed by atoms with E-state index in [4.69, 9.17) is 10.5 Å². The molecule has 5 heteroatoms. The molecular weight excluding hydrogens is 240 g/mol. The number of para-hydroxylation sites is 1. The first-order valence-electron chi connectivity index (χ1n) is 6.16. The van der Waals surface area contributed by atoms with Crippen molar-refractivity contribution in [2.75, 3.05) is 5.73 Å². The van der Waals surface area contributed by atoms with E-state index < -0.39 is 0 Å². The number of pyridine rings is 1. The number of fused-ring (bicyclic) bond motifs is 2. The molecule has 1 aromatic carbocycles. The van der Waals surface area contributed by atoms with Gasteiger partial charge in [-0.1, -0.05) is 18.2 Å². The maximum Gasteiger partial charge on any atom is 0.179 e. The van der Waals surface area contributed by atoms with Crippen LogP contribution in [-0.4, -0.2) is 14.6 Å². The molecule has 5 nitrogen and oxygen atoms in total. The summed E-state index contributed by atoms with van der Waals surface area (Å²) in [7, 11) is 0. The van der Waals surface area contributed by atoms with Crippen molar-refractivity contribution < 1.29 is 4.74 Å². The third-order valence-corrected chi connectivity index (χ3v) is 3.39. The fourth-order valence-corrected chi connectivity index (χ4v) is 2.47. The summed E-state index contributed by atoms with van der Waals surface area (Å²) in [6, 6.07) is 11.7. The van der Waals surface area contributed by atoms with Crippen molar-refractivity contribution >= 4 is 11.3 Å². The molecule has 1 aliphatic heterocycles. The second-order valence-corrected chi connectivity index (χ2v) is 4.67. The number of ether oxygens (including phenoxy) is 1. The zero-order chi connectivity index (χ0) is 12.8. The normalized spacial score (nSPS) is 17.4. The number of anilines is 1. The van der Waals surface area contributed by atoms with Crippen LogP contribution in [0.3, 0.4) is 0 Å².